The first kappa shape index (κ1) is 16.3. The first-order chi connectivity index (χ1) is 10.3. The van der Waals surface area contributed by atoms with Crippen LogP contribution in [0.25, 0.3) is 0 Å². The highest BCUT2D eigenvalue weighted by molar-refractivity contribution is 7.48. The molecule has 0 amide bonds. The fourth-order valence-electron chi connectivity index (χ4n) is 2.12. The smallest absolute Gasteiger partial charge is 0.126 e. The molecule has 2 aromatic rings. The van der Waals surface area contributed by atoms with Gasteiger partial charge >= 0.3 is 0 Å². The molecule has 0 aliphatic rings. The van der Waals surface area contributed by atoms with Gasteiger partial charge in [-0.3, -0.25) is 0 Å². The third kappa shape index (κ3) is 4.99. The minimum Gasteiger partial charge on any atom is -0.496 e. The molecule has 0 aromatic heterocycles. The lowest BCUT2D eigenvalue weighted by molar-refractivity contribution is 0.418. The van der Waals surface area contributed by atoms with E-state index in [1.807, 2.05) is 24.3 Å². The Balaban J connectivity index is 1.75. The first-order valence-corrected chi connectivity index (χ1v) is 9.50. The molecule has 2 unspecified atom stereocenters. The van der Waals surface area contributed by atoms with E-state index in [-0.39, 0.29) is 0 Å². The molecule has 2 aromatic carbocycles. The molecule has 21 heavy (non-hydrogen) atoms. The Bertz CT molecular complexity index is 508. The van der Waals surface area contributed by atoms with Crippen LogP contribution >= 0.6 is 17.2 Å². The van der Waals surface area contributed by atoms with Gasteiger partial charge in [-0.1, -0.05) is 53.6 Å². The number of benzene rings is 2. The monoisotopic (exact) mass is 320 g/mol. The van der Waals surface area contributed by atoms with Gasteiger partial charge in [-0.05, 0) is 30.9 Å². The molecule has 2 rings (SSSR count). The van der Waals surface area contributed by atoms with Crippen molar-refractivity contribution in [2.75, 3.05) is 26.5 Å². The largest absolute Gasteiger partial charge is 0.496 e. The van der Waals surface area contributed by atoms with E-state index in [9.17, 15) is 0 Å². The van der Waals surface area contributed by atoms with Gasteiger partial charge in [-0.2, -0.15) is 0 Å². The Hall–Kier alpha value is -1.10. The number of methoxy groups -OCH3 is 2. The Kier molecular flexibility index (Phi) is 7.00. The molecule has 112 valence electrons. The highest BCUT2D eigenvalue weighted by atomic mass is 31.1. The molecule has 2 atom stereocenters. The van der Waals surface area contributed by atoms with E-state index in [2.05, 4.69) is 24.3 Å². The summed E-state index contributed by atoms with van der Waals surface area (Å²) in [7, 11) is 5.13. The molecule has 0 saturated heterocycles. The lowest BCUT2D eigenvalue weighted by Gasteiger charge is -2.09. The van der Waals surface area contributed by atoms with Crippen LogP contribution in [0, 0.1) is 0 Å². The zero-order valence-corrected chi connectivity index (χ0v) is 14.6. The molecular formula is C17H22O2P2. The fraction of sp³-hybridized carbons (Fsp3) is 0.294. The topological polar surface area (TPSA) is 18.5 Å². The molecule has 0 radical (unpaired) electrons. The minimum absolute atomic E-state index is 0.823. The average Bonchev–Trinajstić information content (AvgIpc) is 2.55. The van der Waals surface area contributed by atoms with Crippen LogP contribution in [-0.4, -0.2) is 26.5 Å². The van der Waals surface area contributed by atoms with Gasteiger partial charge in [-0.25, -0.2) is 0 Å². The Morgan fingerprint density at radius 2 is 1.14 bits per heavy atom. The summed E-state index contributed by atoms with van der Waals surface area (Å²) in [5.74, 6) is 2.03. The van der Waals surface area contributed by atoms with E-state index in [4.69, 9.17) is 9.47 Å². The zero-order valence-electron chi connectivity index (χ0n) is 12.6. The summed E-state index contributed by atoms with van der Waals surface area (Å²) in [5, 5.41) is 2.67. The van der Waals surface area contributed by atoms with Crippen LogP contribution in [0.1, 0.15) is 6.42 Å². The van der Waals surface area contributed by atoms with Gasteiger partial charge in [0.15, 0.2) is 0 Å². The quantitative estimate of drug-likeness (QED) is 0.548. The average molecular weight is 320 g/mol. The van der Waals surface area contributed by atoms with Crippen LogP contribution < -0.4 is 20.1 Å². The van der Waals surface area contributed by atoms with E-state index in [1.54, 1.807) is 14.2 Å². The van der Waals surface area contributed by atoms with Crippen LogP contribution in [0.15, 0.2) is 48.5 Å². The Labute approximate surface area is 130 Å². The summed E-state index contributed by atoms with van der Waals surface area (Å²) >= 11 is 0. The molecule has 0 aliphatic carbocycles. The van der Waals surface area contributed by atoms with Gasteiger partial charge in [0.25, 0.3) is 0 Å². The van der Waals surface area contributed by atoms with E-state index < -0.39 is 0 Å². The maximum Gasteiger partial charge on any atom is 0.126 e. The standard InChI is InChI=1S/C17H22O2P2/c1-18-14-8-3-5-10-16(14)20-12-7-13-21-17-11-6-4-9-15(17)19-2/h3-6,8-11,20-21H,7,12-13H2,1-2H3. The summed E-state index contributed by atoms with van der Waals surface area (Å²) < 4.78 is 10.8. The van der Waals surface area contributed by atoms with E-state index in [1.165, 1.54) is 29.4 Å². The number of para-hydroxylation sites is 2. The second-order valence-corrected chi connectivity index (χ2v) is 7.39. The zero-order chi connectivity index (χ0) is 14.9. The number of hydrogen-bond donors (Lipinski definition) is 0. The lowest BCUT2D eigenvalue weighted by atomic mass is 10.3. The van der Waals surface area contributed by atoms with Crippen LogP contribution in [0.3, 0.4) is 0 Å². The van der Waals surface area contributed by atoms with Crippen LogP contribution in [-0.2, 0) is 0 Å². The predicted octanol–water partition coefficient (Wildman–Crippen LogP) is 3.40. The molecule has 0 aliphatic heterocycles. The molecule has 0 spiro atoms. The number of rotatable bonds is 8. The molecule has 0 fully saturated rings. The molecular weight excluding hydrogens is 298 g/mol. The Morgan fingerprint density at radius 1 is 0.714 bits per heavy atom. The summed E-state index contributed by atoms with van der Waals surface area (Å²) in [6.07, 6.45) is 3.69. The van der Waals surface area contributed by atoms with E-state index in [0.717, 1.165) is 28.7 Å². The fourth-order valence-corrected chi connectivity index (χ4v) is 4.86. The minimum atomic E-state index is 0.823. The van der Waals surface area contributed by atoms with Gasteiger partial charge in [0.2, 0.25) is 0 Å². The van der Waals surface area contributed by atoms with Crippen molar-refractivity contribution in [1.29, 1.82) is 0 Å². The van der Waals surface area contributed by atoms with Crippen molar-refractivity contribution < 1.29 is 9.47 Å². The van der Waals surface area contributed by atoms with Crippen molar-refractivity contribution in [1.82, 2.24) is 0 Å². The molecule has 0 saturated carbocycles. The highest BCUT2D eigenvalue weighted by Crippen LogP contribution is 2.23. The highest BCUT2D eigenvalue weighted by Gasteiger charge is 2.03. The van der Waals surface area contributed by atoms with Crippen molar-refractivity contribution >= 4 is 27.8 Å². The van der Waals surface area contributed by atoms with Crippen LogP contribution in [0.2, 0.25) is 0 Å². The normalized spacial score (nSPS) is 11.5. The Morgan fingerprint density at radius 3 is 1.57 bits per heavy atom. The maximum absolute atomic E-state index is 5.39. The van der Waals surface area contributed by atoms with Crippen molar-refractivity contribution in [3.05, 3.63) is 48.5 Å². The predicted molar refractivity (Wildman–Crippen MR) is 96.2 cm³/mol. The van der Waals surface area contributed by atoms with Crippen molar-refractivity contribution in [3.8, 4) is 11.5 Å². The summed E-state index contributed by atoms with van der Waals surface area (Å²) in [6, 6.07) is 16.6. The number of ether oxygens (including phenoxy) is 2. The SMILES string of the molecule is COc1ccccc1PCCCPc1ccccc1OC. The third-order valence-corrected chi connectivity index (χ3v) is 5.99. The second-order valence-electron chi connectivity index (χ2n) is 4.61. The third-order valence-electron chi connectivity index (χ3n) is 3.20. The summed E-state index contributed by atoms with van der Waals surface area (Å²) in [5.41, 5.74) is 0. The van der Waals surface area contributed by atoms with E-state index >= 15 is 0 Å². The second kappa shape index (κ2) is 9.03. The van der Waals surface area contributed by atoms with Gasteiger partial charge in [0.05, 0.1) is 14.2 Å². The summed E-state index contributed by atoms with van der Waals surface area (Å²) in [6.45, 7) is 0. The van der Waals surface area contributed by atoms with Gasteiger partial charge < -0.3 is 9.47 Å². The van der Waals surface area contributed by atoms with Gasteiger partial charge in [0.1, 0.15) is 11.5 Å². The van der Waals surface area contributed by atoms with Gasteiger partial charge in [-0.15, -0.1) is 0 Å². The van der Waals surface area contributed by atoms with E-state index in [0.29, 0.717) is 0 Å². The molecule has 2 nitrogen and oxygen atoms in total. The molecule has 0 bridgehead atoms. The lowest BCUT2D eigenvalue weighted by Crippen LogP contribution is -2.03. The number of hydrogen-bond acceptors (Lipinski definition) is 2. The van der Waals surface area contributed by atoms with Crippen LogP contribution in [0.5, 0.6) is 11.5 Å². The van der Waals surface area contributed by atoms with Crippen molar-refractivity contribution in [2.45, 2.75) is 6.42 Å². The molecule has 0 heterocycles. The maximum atomic E-state index is 5.39. The first-order valence-electron chi connectivity index (χ1n) is 7.09. The molecule has 0 N–H and O–H groups in total. The van der Waals surface area contributed by atoms with Crippen LogP contribution in [0.4, 0.5) is 0 Å². The van der Waals surface area contributed by atoms with Crippen molar-refractivity contribution in [2.24, 2.45) is 0 Å². The van der Waals surface area contributed by atoms with Crippen molar-refractivity contribution in [3.63, 3.8) is 0 Å². The van der Waals surface area contributed by atoms with Gasteiger partial charge in [0, 0.05) is 10.6 Å². The summed E-state index contributed by atoms with van der Waals surface area (Å²) in [4.78, 5) is 0. The molecule has 4 heteroatoms.